The van der Waals surface area contributed by atoms with E-state index in [9.17, 15) is 9.59 Å². The summed E-state index contributed by atoms with van der Waals surface area (Å²) in [6.45, 7) is 0. The molecule has 0 radical (unpaired) electrons. The van der Waals surface area contributed by atoms with Crippen molar-refractivity contribution in [2.75, 3.05) is 0 Å². The van der Waals surface area contributed by atoms with Crippen LogP contribution in [0.3, 0.4) is 0 Å². The van der Waals surface area contributed by atoms with Crippen molar-refractivity contribution in [2.45, 2.75) is 12.5 Å². The van der Waals surface area contributed by atoms with Crippen LogP contribution in [0.15, 0.2) is 0 Å². The minimum Gasteiger partial charge on any atom is -0.392 e. The summed E-state index contributed by atoms with van der Waals surface area (Å²) in [4.78, 5) is 20.4. The predicted molar refractivity (Wildman–Crippen MR) is 23.7 cm³/mol. The number of carbonyl (C=O) groups excluding carboxylic acids is 2. The third-order valence-electron chi connectivity index (χ3n) is 0.904. The van der Waals surface area contributed by atoms with Gasteiger partial charge in [0, 0.05) is 0 Å². The molecule has 1 saturated heterocycles. The van der Waals surface area contributed by atoms with E-state index in [2.05, 4.69) is 4.74 Å². The zero-order valence-electron chi connectivity index (χ0n) is 4.09. The molecule has 8 heavy (non-hydrogen) atoms. The zero-order valence-corrected chi connectivity index (χ0v) is 4.09. The van der Waals surface area contributed by atoms with E-state index in [4.69, 9.17) is 5.73 Å². The number of rotatable bonds is 0. The lowest BCUT2D eigenvalue weighted by atomic mass is 10.3. The Morgan fingerprint density at radius 2 is 2.25 bits per heavy atom. The molecular weight excluding hydrogens is 110 g/mol. The van der Waals surface area contributed by atoms with Crippen molar-refractivity contribution in [3.05, 3.63) is 0 Å². The van der Waals surface area contributed by atoms with Crippen LogP contribution in [0.1, 0.15) is 6.42 Å². The van der Waals surface area contributed by atoms with Gasteiger partial charge in [-0.25, -0.2) is 4.79 Å². The summed E-state index contributed by atoms with van der Waals surface area (Å²) < 4.78 is 4.07. The fourth-order valence-corrected chi connectivity index (χ4v) is 0.492. The monoisotopic (exact) mass is 115 g/mol. The van der Waals surface area contributed by atoms with Crippen LogP contribution < -0.4 is 5.73 Å². The Morgan fingerprint density at radius 1 is 1.62 bits per heavy atom. The summed E-state index contributed by atoms with van der Waals surface area (Å²) in [6.07, 6.45) is 0.0266. The molecule has 0 saturated carbocycles. The van der Waals surface area contributed by atoms with E-state index in [-0.39, 0.29) is 6.42 Å². The molecule has 1 rings (SSSR count). The van der Waals surface area contributed by atoms with E-state index < -0.39 is 18.0 Å². The van der Waals surface area contributed by atoms with Crippen molar-refractivity contribution in [1.82, 2.24) is 0 Å². The van der Waals surface area contributed by atoms with Gasteiger partial charge in [0.15, 0.2) is 0 Å². The number of esters is 2. The Bertz CT molecular complexity index is 142. The van der Waals surface area contributed by atoms with Gasteiger partial charge >= 0.3 is 11.9 Å². The Kier molecular flexibility index (Phi) is 1.02. The van der Waals surface area contributed by atoms with Crippen LogP contribution in [0.25, 0.3) is 0 Å². The largest absolute Gasteiger partial charge is 0.392 e. The summed E-state index contributed by atoms with van der Waals surface area (Å²) >= 11 is 0. The summed E-state index contributed by atoms with van der Waals surface area (Å²) in [5, 5.41) is 0. The molecule has 4 nitrogen and oxygen atoms in total. The standard InChI is InChI=1S/C4H5NO3/c5-2-1-3(6)8-4(2)7/h2H,1,5H2. The number of ether oxygens (including phenoxy) is 1. The molecule has 2 N–H and O–H groups in total. The number of cyclic esters (lactones) is 2. The molecular formula is C4H5NO3. The quantitative estimate of drug-likeness (QED) is 0.317. The molecule has 4 heteroatoms. The van der Waals surface area contributed by atoms with Gasteiger partial charge in [-0.15, -0.1) is 0 Å². The average Bonchev–Trinajstić information content (AvgIpc) is 1.85. The molecule has 1 atom stereocenters. The van der Waals surface area contributed by atoms with Gasteiger partial charge in [0.2, 0.25) is 0 Å². The lowest BCUT2D eigenvalue weighted by Crippen LogP contribution is -2.24. The third-order valence-corrected chi connectivity index (χ3v) is 0.904. The molecule has 0 spiro atoms. The van der Waals surface area contributed by atoms with Crippen LogP contribution >= 0.6 is 0 Å². The Labute approximate surface area is 45.6 Å². The highest BCUT2D eigenvalue weighted by Gasteiger charge is 2.29. The molecule has 1 aliphatic rings. The van der Waals surface area contributed by atoms with E-state index in [0.29, 0.717) is 0 Å². The predicted octanol–water partition coefficient (Wildman–Crippen LogP) is -1.21. The van der Waals surface area contributed by atoms with Crippen molar-refractivity contribution in [1.29, 1.82) is 0 Å². The Morgan fingerprint density at radius 3 is 2.38 bits per heavy atom. The van der Waals surface area contributed by atoms with Crippen molar-refractivity contribution in [2.24, 2.45) is 5.73 Å². The maximum Gasteiger partial charge on any atom is 0.331 e. The number of nitrogens with two attached hydrogens (primary N) is 1. The van der Waals surface area contributed by atoms with Gasteiger partial charge < -0.3 is 10.5 Å². The van der Waals surface area contributed by atoms with E-state index in [1.54, 1.807) is 0 Å². The topological polar surface area (TPSA) is 69.4 Å². The molecule has 1 aliphatic heterocycles. The van der Waals surface area contributed by atoms with E-state index in [1.807, 2.05) is 0 Å². The smallest absolute Gasteiger partial charge is 0.331 e. The molecule has 0 amide bonds. The first-order valence-corrected chi connectivity index (χ1v) is 2.20. The highest BCUT2D eigenvalue weighted by atomic mass is 16.6. The van der Waals surface area contributed by atoms with Gasteiger partial charge in [-0.05, 0) is 0 Å². The van der Waals surface area contributed by atoms with E-state index >= 15 is 0 Å². The average molecular weight is 115 g/mol. The molecule has 0 aromatic heterocycles. The summed E-state index contributed by atoms with van der Waals surface area (Å²) in [5.41, 5.74) is 5.07. The molecule has 0 aliphatic carbocycles. The second-order valence-electron chi connectivity index (χ2n) is 1.60. The van der Waals surface area contributed by atoms with Gasteiger partial charge in [-0.3, -0.25) is 4.79 Å². The third kappa shape index (κ3) is 0.696. The summed E-state index contributed by atoms with van der Waals surface area (Å²) in [7, 11) is 0. The van der Waals surface area contributed by atoms with Crippen molar-refractivity contribution >= 4 is 11.9 Å². The lowest BCUT2D eigenvalue weighted by Gasteiger charge is -1.87. The lowest BCUT2D eigenvalue weighted by molar-refractivity contribution is -0.152. The van der Waals surface area contributed by atoms with Gasteiger partial charge in [0.1, 0.15) is 6.04 Å². The zero-order chi connectivity index (χ0) is 6.15. The van der Waals surface area contributed by atoms with Gasteiger partial charge in [0.25, 0.3) is 0 Å². The fourth-order valence-electron chi connectivity index (χ4n) is 0.492. The van der Waals surface area contributed by atoms with Crippen molar-refractivity contribution in [3.8, 4) is 0 Å². The molecule has 1 unspecified atom stereocenters. The number of hydrogen-bond donors (Lipinski definition) is 1. The maximum atomic E-state index is 10.2. The van der Waals surface area contributed by atoms with Crippen LogP contribution in [0, 0.1) is 0 Å². The Hall–Kier alpha value is -0.900. The SMILES string of the molecule is NC1CC(=O)OC1=O. The highest BCUT2D eigenvalue weighted by Crippen LogP contribution is 2.03. The molecule has 1 heterocycles. The summed E-state index contributed by atoms with van der Waals surface area (Å²) in [5.74, 6) is -1.14. The first-order valence-electron chi connectivity index (χ1n) is 2.20. The molecule has 1 fully saturated rings. The van der Waals surface area contributed by atoms with Crippen LogP contribution in [0.4, 0.5) is 0 Å². The van der Waals surface area contributed by atoms with Gasteiger partial charge in [-0.2, -0.15) is 0 Å². The van der Waals surface area contributed by atoms with Crippen LogP contribution in [0.5, 0.6) is 0 Å². The first-order chi connectivity index (χ1) is 3.70. The van der Waals surface area contributed by atoms with Crippen molar-refractivity contribution < 1.29 is 14.3 Å². The van der Waals surface area contributed by atoms with Gasteiger partial charge in [-0.1, -0.05) is 0 Å². The van der Waals surface area contributed by atoms with E-state index in [0.717, 1.165) is 0 Å². The molecule has 44 valence electrons. The van der Waals surface area contributed by atoms with Crippen molar-refractivity contribution in [3.63, 3.8) is 0 Å². The molecule has 0 bridgehead atoms. The number of carbonyl (C=O) groups is 2. The molecule has 0 aromatic rings. The fraction of sp³-hybridized carbons (Fsp3) is 0.500. The minimum atomic E-state index is -0.720. The number of hydrogen-bond acceptors (Lipinski definition) is 4. The van der Waals surface area contributed by atoms with E-state index in [1.165, 1.54) is 0 Å². The Balaban J connectivity index is 2.64. The van der Waals surface area contributed by atoms with Crippen LogP contribution in [0.2, 0.25) is 0 Å². The van der Waals surface area contributed by atoms with Gasteiger partial charge in [0.05, 0.1) is 6.42 Å². The second-order valence-corrected chi connectivity index (χ2v) is 1.60. The highest BCUT2D eigenvalue weighted by molar-refractivity contribution is 5.96. The van der Waals surface area contributed by atoms with Crippen LogP contribution in [-0.4, -0.2) is 18.0 Å². The maximum absolute atomic E-state index is 10.2. The first kappa shape index (κ1) is 5.24. The normalized spacial score (nSPS) is 28.4. The second kappa shape index (κ2) is 1.56. The minimum absolute atomic E-state index is 0.0266. The molecule has 0 aromatic carbocycles. The van der Waals surface area contributed by atoms with Crippen LogP contribution in [-0.2, 0) is 14.3 Å². The summed E-state index contributed by atoms with van der Waals surface area (Å²) in [6, 6.07) is -0.720.